The Morgan fingerprint density at radius 3 is 2.58 bits per heavy atom. The van der Waals surface area contributed by atoms with Crippen molar-refractivity contribution in [3.8, 4) is 0 Å². The summed E-state index contributed by atoms with van der Waals surface area (Å²) in [6, 6.07) is 0. The number of hydrogen-bond acceptors (Lipinski definition) is 0. The molecule has 1 aliphatic carbocycles. The molecule has 0 bridgehead atoms. The lowest BCUT2D eigenvalue weighted by molar-refractivity contribution is 0.328. The summed E-state index contributed by atoms with van der Waals surface area (Å²) in [5.74, 6) is 0.896. The van der Waals surface area contributed by atoms with Gasteiger partial charge in [0, 0.05) is 1.37 Å². The van der Waals surface area contributed by atoms with Crippen LogP contribution in [-0.2, 0) is 0 Å². The second-order valence-corrected chi connectivity index (χ2v) is 4.17. The van der Waals surface area contributed by atoms with E-state index in [4.69, 9.17) is 1.37 Å². The van der Waals surface area contributed by atoms with Gasteiger partial charge in [-0.05, 0) is 5.92 Å². The van der Waals surface area contributed by atoms with E-state index in [-0.39, 0.29) is 6.40 Å². The lowest BCUT2D eigenvalue weighted by atomic mass is 9.85. The quantitative estimate of drug-likeness (QED) is 0.567. The molecule has 1 atom stereocenters. The van der Waals surface area contributed by atoms with E-state index in [9.17, 15) is 0 Å². The molecule has 0 heteroatoms. The van der Waals surface area contributed by atoms with E-state index in [0.717, 1.165) is 12.3 Å². The van der Waals surface area contributed by atoms with Gasteiger partial charge in [-0.2, -0.15) is 0 Å². The van der Waals surface area contributed by atoms with E-state index >= 15 is 0 Å². The highest BCUT2D eigenvalue weighted by atomic mass is 14.2. The molecule has 0 spiro atoms. The Balaban J connectivity index is 2.07. The van der Waals surface area contributed by atoms with Gasteiger partial charge in [-0.25, -0.2) is 0 Å². The highest BCUT2D eigenvalue weighted by molar-refractivity contribution is 4.65. The topological polar surface area (TPSA) is 0 Å². The zero-order valence-electron chi connectivity index (χ0n) is 9.52. The normalized spacial score (nSPS) is 23.6. The average molecular weight is 169 g/mol. The number of unbranched alkanes of at least 4 members (excludes halogenated alkanes) is 1. The molecule has 0 aromatic rings. The summed E-state index contributed by atoms with van der Waals surface area (Å²) in [6.07, 6.45) is 12.1. The summed E-state index contributed by atoms with van der Waals surface area (Å²) in [6.45, 7) is 2.22. The van der Waals surface area contributed by atoms with Gasteiger partial charge in [-0.3, -0.25) is 0 Å². The molecule has 0 N–H and O–H groups in total. The van der Waals surface area contributed by atoms with Crippen molar-refractivity contribution in [1.29, 1.82) is 0 Å². The maximum atomic E-state index is 7.91. The molecule has 0 amide bonds. The molecule has 1 rings (SSSR count). The molecule has 12 heavy (non-hydrogen) atoms. The van der Waals surface area contributed by atoms with Gasteiger partial charge < -0.3 is 0 Å². The van der Waals surface area contributed by atoms with Gasteiger partial charge in [0.25, 0.3) is 0 Å². The third kappa shape index (κ3) is 4.13. The van der Waals surface area contributed by atoms with Gasteiger partial charge in [-0.1, -0.05) is 71.1 Å². The molecule has 0 radical (unpaired) electrons. The first-order valence-corrected chi connectivity index (χ1v) is 5.75. The first-order valence-electron chi connectivity index (χ1n) is 6.33. The predicted molar refractivity (Wildman–Crippen MR) is 55.3 cm³/mol. The SMILES string of the molecule is [2H]C(CCCC)CC1CCCCC1. The summed E-state index contributed by atoms with van der Waals surface area (Å²) < 4.78 is 7.91. The van der Waals surface area contributed by atoms with Gasteiger partial charge in [0.15, 0.2) is 0 Å². The lowest BCUT2D eigenvalue weighted by Crippen LogP contribution is -2.05. The van der Waals surface area contributed by atoms with Crippen molar-refractivity contribution in [3.63, 3.8) is 0 Å². The summed E-state index contributed by atoms with van der Waals surface area (Å²) >= 11 is 0. The van der Waals surface area contributed by atoms with Gasteiger partial charge in [-0.15, -0.1) is 0 Å². The van der Waals surface area contributed by atoms with E-state index in [1.54, 1.807) is 0 Å². The first kappa shape index (κ1) is 8.59. The van der Waals surface area contributed by atoms with Crippen LogP contribution in [0.25, 0.3) is 0 Å². The Labute approximate surface area is 79.2 Å². The minimum absolute atomic E-state index is 0.239. The smallest absolute Gasteiger partial charge is 0.0267 e. The first-order chi connectivity index (χ1) is 6.33. The van der Waals surface area contributed by atoms with Crippen LogP contribution in [0, 0.1) is 5.92 Å². The largest absolute Gasteiger partial charge is 0.0654 e. The predicted octanol–water partition coefficient (Wildman–Crippen LogP) is 4.54. The van der Waals surface area contributed by atoms with Crippen molar-refractivity contribution < 1.29 is 1.37 Å². The van der Waals surface area contributed by atoms with Gasteiger partial charge in [0.05, 0.1) is 0 Å². The number of rotatable bonds is 5. The van der Waals surface area contributed by atoms with Crippen LogP contribution in [-0.4, -0.2) is 0 Å². The van der Waals surface area contributed by atoms with Crippen LogP contribution in [0.5, 0.6) is 0 Å². The standard InChI is InChI=1S/C12H24/c1-2-3-4-6-9-12-10-7-5-8-11-12/h12H,2-11H2,1H3/i6D. The fourth-order valence-corrected chi connectivity index (χ4v) is 2.12. The fourth-order valence-electron chi connectivity index (χ4n) is 2.12. The molecule has 1 saturated carbocycles. The third-order valence-electron chi connectivity index (χ3n) is 2.99. The second kappa shape index (κ2) is 6.51. The Bertz CT molecular complexity index is 116. The zero-order valence-corrected chi connectivity index (χ0v) is 8.52. The van der Waals surface area contributed by atoms with Gasteiger partial charge in [0.2, 0.25) is 0 Å². The molecule has 0 saturated heterocycles. The van der Waals surface area contributed by atoms with Crippen LogP contribution in [0.15, 0.2) is 0 Å². The second-order valence-electron chi connectivity index (χ2n) is 4.17. The highest BCUT2D eigenvalue weighted by Gasteiger charge is 2.11. The molecular weight excluding hydrogens is 144 g/mol. The van der Waals surface area contributed by atoms with Crippen molar-refractivity contribution in [2.24, 2.45) is 5.92 Å². The maximum Gasteiger partial charge on any atom is 0.0267 e. The van der Waals surface area contributed by atoms with Crippen molar-refractivity contribution >= 4 is 0 Å². The van der Waals surface area contributed by atoms with Crippen LogP contribution in [0.4, 0.5) is 0 Å². The van der Waals surface area contributed by atoms with Crippen molar-refractivity contribution in [1.82, 2.24) is 0 Å². The van der Waals surface area contributed by atoms with Crippen molar-refractivity contribution in [2.75, 3.05) is 0 Å². The zero-order chi connectivity index (χ0) is 9.52. The minimum atomic E-state index is 0.239. The number of hydrogen-bond donors (Lipinski definition) is 0. The molecule has 72 valence electrons. The van der Waals surface area contributed by atoms with Crippen LogP contribution in [0.3, 0.4) is 0 Å². The van der Waals surface area contributed by atoms with Crippen LogP contribution in [0.1, 0.15) is 72.5 Å². The van der Waals surface area contributed by atoms with E-state index in [1.807, 2.05) is 0 Å². The minimum Gasteiger partial charge on any atom is -0.0654 e. The highest BCUT2D eigenvalue weighted by Crippen LogP contribution is 2.27. The summed E-state index contributed by atoms with van der Waals surface area (Å²) in [5, 5.41) is 0. The molecule has 0 aliphatic heterocycles. The summed E-state index contributed by atoms with van der Waals surface area (Å²) in [5.41, 5.74) is 0. The molecule has 1 fully saturated rings. The Morgan fingerprint density at radius 1 is 1.17 bits per heavy atom. The summed E-state index contributed by atoms with van der Waals surface area (Å²) in [4.78, 5) is 0. The van der Waals surface area contributed by atoms with E-state index in [0.29, 0.717) is 0 Å². The van der Waals surface area contributed by atoms with Crippen molar-refractivity contribution in [2.45, 2.75) is 71.1 Å². The molecule has 0 aromatic heterocycles. The van der Waals surface area contributed by atoms with E-state index in [1.165, 1.54) is 51.4 Å². The molecule has 0 heterocycles. The van der Waals surface area contributed by atoms with Gasteiger partial charge in [0.1, 0.15) is 0 Å². The molecular formula is C12H24. The van der Waals surface area contributed by atoms with E-state index in [2.05, 4.69) is 6.92 Å². The Kier molecular flexibility index (Phi) is 4.66. The molecule has 1 aliphatic rings. The average Bonchev–Trinajstić information content (AvgIpc) is 2.16. The monoisotopic (exact) mass is 169 g/mol. The van der Waals surface area contributed by atoms with Gasteiger partial charge >= 0.3 is 0 Å². The maximum absolute atomic E-state index is 7.91. The Hall–Kier alpha value is 0. The Morgan fingerprint density at radius 2 is 1.92 bits per heavy atom. The third-order valence-corrected chi connectivity index (χ3v) is 2.99. The fraction of sp³-hybridized carbons (Fsp3) is 1.00. The summed E-state index contributed by atoms with van der Waals surface area (Å²) in [7, 11) is 0. The molecule has 0 nitrogen and oxygen atoms in total. The lowest BCUT2D eigenvalue weighted by Gasteiger charge is -2.21. The van der Waals surface area contributed by atoms with E-state index < -0.39 is 0 Å². The molecule has 1 unspecified atom stereocenters. The van der Waals surface area contributed by atoms with Crippen LogP contribution >= 0.6 is 0 Å². The molecule has 0 aromatic carbocycles. The van der Waals surface area contributed by atoms with Crippen LogP contribution in [0.2, 0.25) is 0 Å². The van der Waals surface area contributed by atoms with Crippen molar-refractivity contribution in [3.05, 3.63) is 0 Å². The van der Waals surface area contributed by atoms with Crippen LogP contribution < -0.4 is 0 Å².